The summed E-state index contributed by atoms with van der Waals surface area (Å²) in [4.78, 5) is 2.36. The molecule has 0 aliphatic carbocycles. The van der Waals surface area contributed by atoms with Crippen molar-refractivity contribution in [2.45, 2.75) is 0 Å². The molecule has 0 atom stereocenters. The van der Waals surface area contributed by atoms with Crippen LogP contribution in [0.3, 0.4) is 0 Å². The molecule has 2 heteroatoms. The first-order valence-electron chi connectivity index (χ1n) is 17.1. The Balaban J connectivity index is 1.20. The van der Waals surface area contributed by atoms with Crippen LogP contribution in [0.2, 0.25) is 0 Å². The van der Waals surface area contributed by atoms with Gasteiger partial charge in [0, 0.05) is 27.8 Å². The second kappa shape index (κ2) is 11.5. The molecule has 0 spiro atoms. The fourth-order valence-corrected chi connectivity index (χ4v) is 7.58. The highest BCUT2D eigenvalue weighted by molar-refractivity contribution is 6.23. The number of hydrogen-bond acceptors (Lipinski definition) is 2. The third-order valence-electron chi connectivity index (χ3n) is 9.98. The van der Waals surface area contributed by atoms with E-state index >= 15 is 0 Å². The summed E-state index contributed by atoms with van der Waals surface area (Å²) in [7, 11) is 0. The zero-order valence-electron chi connectivity index (χ0n) is 27.3. The Labute approximate surface area is 290 Å². The van der Waals surface area contributed by atoms with Gasteiger partial charge in [-0.05, 0) is 115 Å². The Bertz CT molecular complexity index is 2880. The van der Waals surface area contributed by atoms with Crippen molar-refractivity contribution in [3.05, 3.63) is 188 Å². The van der Waals surface area contributed by atoms with Crippen LogP contribution in [0.25, 0.3) is 76.5 Å². The normalized spacial score (nSPS) is 11.6. The van der Waals surface area contributed by atoms with Gasteiger partial charge in [-0.15, -0.1) is 0 Å². The standard InChI is InChI=1S/C48H31NO/c1-2-16-39(17-3-1)49(40-18-10-15-36(29-40)37-23-21-32-11-4-6-13-34(32)27-37)41-25-26-42-44(38-24-22-33-12-5-7-14-35(33)28-38)31-47-48(45(42)30-41)43-19-8-9-20-46(43)50-47/h1-31H. The molecule has 10 rings (SSSR count). The van der Waals surface area contributed by atoms with Crippen molar-refractivity contribution >= 4 is 71.3 Å². The van der Waals surface area contributed by atoms with E-state index in [4.69, 9.17) is 4.42 Å². The summed E-state index contributed by atoms with van der Waals surface area (Å²) in [6.45, 7) is 0. The largest absolute Gasteiger partial charge is 0.456 e. The number of nitrogens with zero attached hydrogens (tertiary/aromatic N) is 1. The monoisotopic (exact) mass is 637 g/mol. The first-order chi connectivity index (χ1) is 24.8. The third-order valence-corrected chi connectivity index (χ3v) is 9.98. The fourth-order valence-electron chi connectivity index (χ4n) is 7.58. The first kappa shape index (κ1) is 28.4. The molecule has 0 unspecified atom stereocenters. The summed E-state index contributed by atoms with van der Waals surface area (Å²) in [5, 5.41) is 9.57. The predicted molar refractivity (Wildman–Crippen MR) is 212 cm³/mol. The Morgan fingerprint density at radius 3 is 1.74 bits per heavy atom. The lowest BCUT2D eigenvalue weighted by atomic mass is 9.93. The molecular weight excluding hydrogens is 607 g/mol. The summed E-state index contributed by atoms with van der Waals surface area (Å²) in [6.07, 6.45) is 0. The van der Waals surface area contributed by atoms with Crippen molar-refractivity contribution in [3.8, 4) is 22.3 Å². The topological polar surface area (TPSA) is 16.4 Å². The molecule has 9 aromatic carbocycles. The van der Waals surface area contributed by atoms with Gasteiger partial charge in [-0.3, -0.25) is 0 Å². The fraction of sp³-hybridized carbons (Fsp3) is 0. The van der Waals surface area contributed by atoms with Crippen LogP contribution in [0, 0.1) is 0 Å². The van der Waals surface area contributed by atoms with E-state index in [1.54, 1.807) is 0 Å². The van der Waals surface area contributed by atoms with E-state index in [-0.39, 0.29) is 0 Å². The third kappa shape index (κ3) is 4.73. The number of anilines is 3. The minimum atomic E-state index is 0.892. The van der Waals surface area contributed by atoms with Crippen molar-refractivity contribution in [1.82, 2.24) is 0 Å². The Morgan fingerprint density at radius 1 is 0.320 bits per heavy atom. The van der Waals surface area contributed by atoms with Crippen LogP contribution < -0.4 is 4.90 Å². The Kier molecular flexibility index (Phi) is 6.53. The summed E-state index contributed by atoms with van der Waals surface area (Å²) in [5.74, 6) is 0. The zero-order valence-corrected chi connectivity index (χ0v) is 27.3. The summed E-state index contributed by atoms with van der Waals surface area (Å²) < 4.78 is 6.56. The molecular formula is C48H31NO. The van der Waals surface area contributed by atoms with Gasteiger partial charge in [-0.25, -0.2) is 0 Å². The van der Waals surface area contributed by atoms with E-state index in [1.165, 1.54) is 49.0 Å². The minimum Gasteiger partial charge on any atom is -0.456 e. The number of hydrogen-bond donors (Lipinski definition) is 0. The van der Waals surface area contributed by atoms with Gasteiger partial charge >= 0.3 is 0 Å². The molecule has 0 bridgehead atoms. The van der Waals surface area contributed by atoms with E-state index in [1.807, 2.05) is 6.07 Å². The molecule has 0 amide bonds. The van der Waals surface area contributed by atoms with Crippen LogP contribution in [0.4, 0.5) is 17.1 Å². The van der Waals surface area contributed by atoms with Gasteiger partial charge in [0.1, 0.15) is 11.2 Å². The second-order valence-corrected chi connectivity index (χ2v) is 13.0. The molecule has 1 heterocycles. The maximum atomic E-state index is 6.56. The van der Waals surface area contributed by atoms with Crippen LogP contribution >= 0.6 is 0 Å². The molecule has 0 aliphatic heterocycles. The minimum absolute atomic E-state index is 0.892. The molecule has 1 aromatic heterocycles. The molecule has 0 saturated heterocycles. The molecule has 2 nitrogen and oxygen atoms in total. The van der Waals surface area contributed by atoms with Crippen molar-refractivity contribution in [3.63, 3.8) is 0 Å². The van der Waals surface area contributed by atoms with Gasteiger partial charge < -0.3 is 9.32 Å². The maximum Gasteiger partial charge on any atom is 0.136 e. The number of para-hydroxylation sites is 2. The molecule has 10 aromatic rings. The smallest absolute Gasteiger partial charge is 0.136 e. The maximum absolute atomic E-state index is 6.56. The second-order valence-electron chi connectivity index (χ2n) is 13.0. The van der Waals surface area contributed by atoms with E-state index in [0.29, 0.717) is 0 Å². The zero-order chi connectivity index (χ0) is 33.0. The highest BCUT2D eigenvalue weighted by Gasteiger charge is 2.19. The van der Waals surface area contributed by atoms with Crippen LogP contribution in [-0.4, -0.2) is 0 Å². The SMILES string of the molecule is c1ccc(N(c2cccc(-c3ccc4ccccc4c3)c2)c2ccc3c(-c4ccc5ccccc5c4)cc4oc5ccccc5c4c3c2)cc1. The molecule has 0 N–H and O–H groups in total. The number of fused-ring (bicyclic) bond motifs is 7. The van der Waals surface area contributed by atoms with E-state index in [2.05, 4.69) is 187 Å². The van der Waals surface area contributed by atoms with E-state index in [0.717, 1.165) is 44.6 Å². The molecule has 50 heavy (non-hydrogen) atoms. The van der Waals surface area contributed by atoms with Crippen LogP contribution in [0.5, 0.6) is 0 Å². The number of furan rings is 1. The molecule has 0 aliphatic rings. The van der Waals surface area contributed by atoms with Crippen molar-refractivity contribution in [1.29, 1.82) is 0 Å². The van der Waals surface area contributed by atoms with Crippen molar-refractivity contribution in [2.24, 2.45) is 0 Å². The van der Waals surface area contributed by atoms with Gasteiger partial charge in [-0.1, -0.05) is 127 Å². The lowest BCUT2D eigenvalue weighted by Gasteiger charge is -2.26. The first-order valence-corrected chi connectivity index (χ1v) is 17.1. The van der Waals surface area contributed by atoms with E-state index in [9.17, 15) is 0 Å². The Morgan fingerprint density at radius 2 is 0.940 bits per heavy atom. The van der Waals surface area contributed by atoms with Crippen molar-refractivity contribution < 1.29 is 4.42 Å². The highest BCUT2D eigenvalue weighted by Crippen LogP contribution is 2.44. The number of benzene rings is 9. The van der Waals surface area contributed by atoms with Crippen LogP contribution in [0.15, 0.2) is 192 Å². The summed E-state index contributed by atoms with van der Waals surface area (Å²) in [6, 6.07) is 67.6. The summed E-state index contributed by atoms with van der Waals surface area (Å²) in [5.41, 5.74) is 9.78. The van der Waals surface area contributed by atoms with Gasteiger partial charge in [0.15, 0.2) is 0 Å². The average molecular weight is 638 g/mol. The molecule has 0 fully saturated rings. The lowest BCUT2D eigenvalue weighted by Crippen LogP contribution is -2.10. The lowest BCUT2D eigenvalue weighted by molar-refractivity contribution is 0.669. The van der Waals surface area contributed by atoms with Crippen LogP contribution in [-0.2, 0) is 0 Å². The van der Waals surface area contributed by atoms with Crippen LogP contribution in [0.1, 0.15) is 0 Å². The van der Waals surface area contributed by atoms with Gasteiger partial charge in [0.25, 0.3) is 0 Å². The Hall–Kier alpha value is -6.64. The molecule has 234 valence electrons. The van der Waals surface area contributed by atoms with E-state index < -0.39 is 0 Å². The van der Waals surface area contributed by atoms with Gasteiger partial charge in [0.2, 0.25) is 0 Å². The van der Waals surface area contributed by atoms with Crippen molar-refractivity contribution in [2.75, 3.05) is 4.90 Å². The number of rotatable bonds is 5. The quantitative estimate of drug-likeness (QED) is 0.187. The average Bonchev–Trinajstić information content (AvgIpc) is 3.57. The highest BCUT2D eigenvalue weighted by atomic mass is 16.3. The molecule has 0 saturated carbocycles. The predicted octanol–water partition coefficient (Wildman–Crippen LogP) is 13.8. The molecule has 0 radical (unpaired) electrons. The van der Waals surface area contributed by atoms with Gasteiger partial charge in [0.05, 0.1) is 0 Å². The van der Waals surface area contributed by atoms with Gasteiger partial charge in [-0.2, -0.15) is 0 Å². The summed E-state index contributed by atoms with van der Waals surface area (Å²) >= 11 is 0.